The van der Waals surface area contributed by atoms with E-state index >= 15 is 0 Å². The summed E-state index contributed by atoms with van der Waals surface area (Å²) in [5.41, 5.74) is 12.8. The number of nitrogens with one attached hydrogen (secondary N) is 4. The lowest BCUT2D eigenvalue weighted by atomic mass is 9.91. The molecular formula is C32H30N4O4. The molecule has 40 heavy (non-hydrogen) atoms. The zero-order valence-corrected chi connectivity index (χ0v) is 21.7. The first-order chi connectivity index (χ1) is 19.5. The number of carbonyl (C=O) groups is 4. The second-order valence-electron chi connectivity index (χ2n) is 9.08. The third-order valence-corrected chi connectivity index (χ3v) is 6.29. The largest absolute Gasteiger partial charge is 0.273 e. The van der Waals surface area contributed by atoms with Crippen LogP contribution in [0.15, 0.2) is 121 Å². The standard InChI is InChI=1S/C32H30N4O4/c37-27(33-35-31(39)29(23-13-5-1-6-14-23)24-15-7-2-8-16-24)21-22-28(38)34-36-32(40)30(25-17-9-3-10-18-25)26-19-11-4-12-20-26/h1-20,29-30H,21-22H2,(H,33,37)(H,34,38)(H,35,39)(H,36,40). The number of carbonyl (C=O) groups excluding carboxylic acids is 4. The Morgan fingerprint density at radius 2 is 0.650 bits per heavy atom. The Morgan fingerprint density at radius 3 is 0.900 bits per heavy atom. The van der Waals surface area contributed by atoms with Gasteiger partial charge in [-0.1, -0.05) is 121 Å². The molecule has 8 nitrogen and oxygen atoms in total. The monoisotopic (exact) mass is 534 g/mol. The van der Waals surface area contributed by atoms with Gasteiger partial charge in [0.05, 0.1) is 11.8 Å². The van der Waals surface area contributed by atoms with Gasteiger partial charge in [-0.25, -0.2) is 0 Å². The topological polar surface area (TPSA) is 116 Å². The maximum Gasteiger partial charge on any atom is 0.250 e. The average molecular weight is 535 g/mol. The van der Waals surface area contributed by atoms with Crippen LogP contribution in [0, 0.1) is 0 Å². The van der Waals surface area contributed by atoms with Gasteiger partial charge in [-0.15, -0.1) is 0 Å². The Morgan fingerprint density at radius 1 is 0.400 bits per heavy atom. The number of hydrazine groups is 2. The molecule has 0 heterocycles. The molecule has 4 aromatic rings. The van der Waals surface area contributed by atoms with Crippen LogP contribution in [0.3, 0.4) is 0 Å². The van der Waals surface area contributed by atoms with Crippen LogP contribution in [0.25, 0.3) is 0 Å². The van der Waals surface area contributed by atoms with Crippen molar-refractivity contribution < 1.29 is 19.2 Å². The Hall–Kier alpha value is -5.24. The van der Waals surface area contributed by atoms with Crippen molar-refractivity contribution >= 4 is 23.6 Å². The molecule has 0 bridgehead atoms. The second-order valence-corrected chi connectivity index (χ2v) is 9.08. The van der Waals surface area contributed by atoms with E-state index in [0.717, 1.165) is 22.3 Å². The zero-order valence-electron chi connectivity index (χ0n) is 21.7. The first-order valence-corrected chi connectivity index (χ1v) is 12.9. The minimum Gasteiger partial charge on any atom is -0.273 e. The minimum absolute atomic E-state index is 0.190. The van der Waals surface area contributed by atoms with E-state index in [0.29, 0.717) is 0 Å². The van der Waals surface area contributed by atoms with E-state index in [-0.39, 0.29) is 12.8 Å². The SMILES string of the molecule is O=C(CCC(=O)NNC(=O)C(c1ccccc1)c1ccccc1)NNC(=O)C(c1ccccc1)c1ccccc1. The van der Waals surface area contributed by atoms with Crippen molar-refractivity contribution in [3.8, 4) is 0 Å². The van der Waals surface area contributed by atoms with E-state index in [4.69, 9.17) is 0 Å². The second kappa shape index (κ2) is 14.1. The van der Waals surface area contributed by atoms with Gasteiger partial charge in [0.2, 0.25) is 23.6 Å². The highest BCUT2D eigenvalue weighted by molar-refractivity contribution is 5.91. The normalized spacial score (nSPS) is 10.6. The Bertz CT molecular complexity index is 1220. The van der Waals surface area contributed by atoms with Crippen LogP contribution in [0.5, 0.6) is 0 Å². The van der Waals surface area contributed by atoms with Crippen molar-refractivity contribution in [2.24, 2.45) is 0 Å². The van der Waals surface area contributed by atoms with Gasteiger partial charge in [-0.05, 0) is 22.3 Å². The quantitative estimate of drug-likeness (QED) is 0.245. The van der Waals surface area contributed by atoms with E-state index in [1.165, 1.54) is 0 Å². The van der Waals surface area contributed by atoms with Crippen LogP contribution >= 0.6 is 0 Å². The van der Waals surface area contributed by atoms with E-state index in [1.54, 1.807) is 0 Å². The van der Waals surface area contributed by atoms with Crippen LogP contribution in [0.2, 0.25) is 0 Å². The van der Waals surface area contributed by atoms with Gasteiger partial charge >= 0.3 is 0 Å². The molecule has 0 radical (unpaired) electrons. The molecule has 4 rings (SSSR count). The summed E-state index contributed by atoms with van der Waals surface area (Å²) in [6, 6.07) is 37.0. The van der Waals surface area contributed by atoms with Gasteiger partial charge in [0.25, 0.3) is 0 Å². The van der Waals surface area contributed by atoms with Crippen molar-refractivity contribution in [2.75, 3.05) is 0 Å². The van der Waals surface area contributed by atoms with Gasteiger partial charge < -0.3 is 0 Å². The first kappa shape index (κ1) is 27.8. The van der Waals surface area contributed by atoms with Gasteiger partial charge in [-0.2, -0.15) is 0 Å². The smallest absolute Gasteiger partial charge is 0.250 e. The van der Waals surface area contributed by atoms with Gasteiger partial charge in [0, 0.05) is 12.8 Å². The van der Waals surface area contributed by atoms with E-state index < -0.39 is 35.5 Å². The summed E-state index contributed by atoms with van der Waals surface area (Å²) in [6.07, 6.45) is -0.381. The molecular weight excluding hydrogens is 504 g/mol. The molecule has 0 unspecified atom stereocenters. The van der Waals surface area contributed by atoms with Crippen LogP contribution in [0.4, 0.5) is 0 Å². The summed E-state index contributed by atoms with van der Waals surface area (Å²) in [7, 11) is 0. The van der Waals surface area contributed by atoms with Crippen LogP contribution in [-0.2, 0) is 19.2 Å². The highest BCUT2D eigenvalue weighted by Gasteiger charge is 2.24. The fraction of sp³-hybridized carbons (Fsp3) is 0.125. The van der Waals surface area contributed by atoms with Gasteiger partial charge in [0.15, 0.2) is 0 Å². The van der Waals surface area contributed by atoms with Gasteiger partial charge in [0.1, 0.15) is 0 Å². The Labute approximate surface area is 232 Å². The van der Waals surface area contributed by atoms with Crippen LogP contribution in [0.1, 0.15) is 46.9 Å². The lowest BCUT2D eigenvalue weighted by Crippen LogP contribution is -2.46. The predicted molar refractivity (Wildman–Crippen MR) is 151 cm³/mol. The maximum absolute atomic E-state index is 13.0. The molecule has 4 N–H and O–H groups in total. The van der Waals surface area contributed by atoms with Crippen LogP contribution < -0.4 is 21.7 Å². The molecule has 0 aliphatic carbocycles. The van der Waals surface area contributed by atoms with E-state index in [9.17, 15) is 19.2 Å². The summed E-state index contributed by atoms with van der Waals surface area (Å²) in [4.78, 5) is 50.8. The first-order valence-electron chi connectivity index (χ1n) is 12.9. The number of amides is 4. The summed E-state index contributed by atoms with van der Waals surface area (Å²) in [5.74, 6) is -3.14. The molecule has 4 aromatic carbocycles. The maximum atomic E-state index is 13.0. The Balaban J connectivity index is 1.27. The molecule has 0 fully saturated rings. The lowest BCUT2D eigenvalue weighted by Gasteiger charge is -2.18. The molecule has 8 heteroatoms. The van der Waals surface area contributed by atoms with Crippen molar-refractivity contribution in [3.63, 3.8) is 0 Å². The van der Waals surface area contributed by atoms with Crippen molar-refractivity contribution in [3.05, 3.63) is 144 Å². The lowest BCUT2D eigenvalue weighted by molar-refractivity contribution is -0.132. The van der Waals surface area contributed by atoms with Crippen molar-refractivity contribution in [1.29, 1.82) is 0 Å². The van der Waals surface area contributed by atoms with E-state index in [1.807, 2.05) is 121 Å². The number of benzene rings is 4. The van der Waals surface area contributed by atoms with Gasteiger partial charge in [-0.3, -0.25) is 40.9 Å². The molecule has 0 aliphatic rings. The van der Waals surface area contributed by atoms with E-state index in [2.05, 4.69) is 21.7 Å². The fourth-order valence-corrected chi connectivity index (χ4v) is 4.33. The molecule has 0 saturated heterocycles. The molecule has 0 spiro atoms. The summed E-state index contributed by atoms with van der Waals surface area (Å²) < 4.78 is 0. The third-order valence-electron chi connectivity index (χ3n) is 6.29. The Kier molecular flexibility index (Phi) is 9.77. The molecule has 0 atom stereocenters. The molecule has 0 aliphatic heterocycles. The molecule has 202 valence electrons. The fourth-order valence-electron chi connectivity index (χ4n) is 4.33. The highest BCUT2D eigenvalue weighted by atomic mass is 16.2. The number of hydrogen-bond donors (Lipinski definition) is 4. The molecule has 0 aromatic heterocycles. The van der Waals surface area contributed by atoms with Crippen molar-refractivity contribution in [2.45, 2.75) is 24.7 Å². The average Bonchev–Trinajstić information content (AvgIpc) is 3.00. The van der Waals surface area contributed by atoms with Crippen molar-refractivity contribution in [1.82, 2.24) is 21.7 Å². The summed E-state index contributed by atoms with van der Waals surface area (Å²) >= 11 is 0. The third kappa shape index (κ3) is 7.64. The minimum atomic E-state index is -0.622. The molecule has 4 amide bonds. The number of rotatable bonds is 9. The predicted octanol–water partition coefficient (Wildman–Crippen LogP) is 3.73. The highest BCUT2D eigenvalue weighted by Crippen LogP contribution is 2.25. The summed E-state index contributed by atoms with van der Waals surface area (Å²) in [5, 5.41) is 0. The van der Waals surface area contributed by atoms with Crippen LogP contribution in [-0.4, -0.2) is 23.6 Å². The zero-order chi connectivity index (χ0) is 28.2. The molecule has 0 saturated carbocycles. The number of hydrogen-bond acceptors (Lipinski definition) is 4. The summed E-state index contributed by atoms with van der Waals surface area (Å²) in [6.45, 7) is 0.